The van der Waals surface area contributed by atoms with Crippen LogP contribution < -0.4 is 5.32 Å². The van der Waals surface area contributed by atoms with Crippen LogP contribution in [-0.2, 0) is 11.3 Å². The summed E-state index contributed by atoms with van der Waals surface area (Å²) in [5, 5.41) is 3.50. The third-order valence-electron chi connectivity index (χ3n) is 3.37. The van der Waals surface area contributed by atoms with Gasteiger partial charge in [-0.1, -0.05) is 30.3 Å². The Balaban J connectivity index is 1.71. The molecule has 114 valence electrons. The largest absolute Gasteiger partial charge is 0.383 e. The van der Waals surface area contributed by atoms with E-state index in [4.69, 9.17) is 4.74 Å². The fourth-order valence-electron chi connectivity index (χ4n) is 2.07. The van der Waals surface area contributed by atoms with Crippen molar-refractivity contribution < 1.29 is 4.74 Å². The Bertz CT molecular complexity index is 513. The smallest absolute Gasteiger partial charge is 0.0589 e. The molecule has 1 aromatic heterocycles. The zero-order valence-electron chi connectivity index (χ0n) is 12.8. The number of nitrogens with zero attached hydrogens (tertiary/aromatic N) is 1. The first-order valence-corrected chi connectivity index (χ1v) is 8.13. The lowest BCUT2D eigenvalue weighted by atomic mass is 10.2. The summed E-state index contributed by atoms with van der Waals surface area (Å²) in [4.78, 5) is 5.00. The SMILES string of the molecule is COCCN(C)CCNCc1ccc(-c2ccccc2)s1. The standard InChI is InChI=1S/C17H24N2OS/c1-19(12-13-20-2)11-10-18-14-16-8-9-17(21-16)15-6-4-3-5-7-15/h3-9,18H,10-14H2,1-2H3. The zero-order valence-corrected chi connectivity index (χ0v) is 13.7. The van der Waals surface area contributed by atoms with Gasteiger partial charge in [0.2, 0.25) is 0 Å². The van der Waals surface area contributed by atoms with E-state index in [1.54, 1.807) is 7.11 Å². The average Bonchev–Trinajstić information content (AvgIpc) is 2.99. The molecule has 3 nitrogen and oxygen atoms in total. The minimum atomic E-state index is 0.794. The molecule has 1 N–H and O–H groups in total. The second-order valence-corrected chi connectivity index (χ2v) is 6.27. The van der Waals surface area contributed by atoms with Crippen LogP contribution in [0, 0.1) is 0 Å². The number of methoxy groups -OCH3 is 1. The molecule has 0 fully saturated rings. The van der Waals surface area contributed by atoms with Gasteiger partial charge >= 0.3 is 0 Å². The maximum absolute atomic E-state index is 5.07. The Morgan fingerprint density at radius 1 is 1.10 bits per heavy atom. The van der Waals surface area contributed by atoms with Crippen LogP contribution in [0.4, 0.5) is 0 Å². The minimum absolute atomic E-state index is 0.794. The summed E-state index contributed by atoms with van der Waals surface area (Å²) in [5.41, 5.74) is 1.30. The summed E-state index contributed by atoms with van der Waals surface area (Å²) in [6.45, 7) is 4.76. The highest BCUT2D eigenvalue weighted by Gasteiger charge is 2.02. The van der Waals surface area contributed by atoms with Crippen molar-refractivity contribution >= 4 is 11.3 Å². The Morgan fingerprint density at radius 2 is 1.90 bits per heavy atom. The van der Waals surface area contributed by atoms with Gasteiger partial charge in [-0.15, -0.1) is 11.3 Å². The van der Waals surface area contributed by atoms with Gasteiger partial charge in [0.25, 0.3) is 0 Å². The molecule has 2 rings (SSSR count). The Kier molecular flexibility index (Phi) is 6.89. The van der Waals surface area contributed by atoms with Crippen LogP contribution in [0.3, 0.4) is 0 Å². The van der Waals surface area contributed by atoms with Crippen LogP contribution >= 0.6 is 11.3 Å². The first kappa shape index (κ1) is 16.2. The zero-order chi connectivity index (χ0) is 14.9. The highest BCUT2D eigenvalue weighted by Crippen LogP contribution is 2.27. The van der Waals surface area contributed by atoms with Crippen molar-refractivity contribution in [3.8, 4) is 10.4 Å². The predicted octanol–water partition coefficient (Wildman–Crippen LogP) is 3.08. The van der Waals surface area contributed by atoms with E-state index in [0.717, 1.165) is 32.8 Å². The molecule has 21 heavy (non-hydrogen) atoms. The molecule has 0 spiro atoms. The fraction of sp³-hybridized carbons (Fsp3) is 0.412. The normalized spacial score (nSPS) is 11.2. The van der Waals surface area contributed by atoms with Gasteiger partial charge in [-0.2, -0.15) is 0 Å². The molecule has 0 aliphatic rings. The Labute approximate surface area is 131 Å². The molecular weight excluding hydrogens is 280 g/mol. The molecule has 0 aliphatic carbocycles. The summed E-state index contributed by atoms with van der Waals surface area (Å²) < 4.78 is 5.07. The topological polar surface area (TPSA) is 24.5 Å². The summed E-state index contributed by atoms with van der Waals surface area (Å²) in [6.07, 6.45) is 0. The lowest BCUT2D eigenvalue weighted by Gasteiger charge is -2.15. The van der Waals surface area contributed by atoms with Gasteiger partial charge < -0.3 is 15.0 Å². The van der Waals surface area contributed by atoms with E-state index in [1.165, 1.54) is 15.3 Å². The number of nitrogens with one attached hydrogen (secondary N) is 1. The molecule has 0 saturated heterocycles. The number of rotatable bonds is 9. The number of likely N-dealkylation sites (N-methyl/N-ethyl adjacent to an activating group) is 1. The molecule has 4 heteroatoms. The molecule has 0 unspecified atom stereocenters. The van der Waals surface area contributed by atoms with Crippen molar-refractivity contribution in [2.24, 2.45) is 0 Å². The summed E-state index contributed by atoms with van der Waals surface area (Å²) in [6, 6.07) is 15.0. The van der Waals surface area contributed by atoms with E-state index in [-0.39, 0.29) is 0 Å². The second kappa shape index (κ2) is 8.95. The second-order valence-electron chi connectivity index (χ2n) is 5.10. The molecule has 0 bridgehead atoms. The average molecular weight is 304 g/mol. The van der Waals surface area contributed by atoms with Gasteiger partial charge in [0.05, 0.1) is 6.61 Å². The molecule has 2 aromatic rings. The van der Waals surface area contributed by atoms with E-state index in [1.807, 2.05) is 11.3 Å². The monoisotopic (exact) mass is 304 g/mol. The van der Waals surface area contributed by atoms with E-state index in [0.29, 0.717) is 0 Å². The van der Waals surface area contributed by atoms with Crippen LogP contribution in [0.2, 0.25) is 0 Å². The highest BCUT2D eigenvalue weighted by molar-refractivity contribution is 7.15. The van der Waals surface area contributed by atoms with Crippen LogP contribution in [0.1, 0.15) is 4.88 Å². The lowest BCUT2D eigenvalue weighted by molar-refractivity contribution is 0.161. The van der Waals surface area contributed by atoms with Gasteiger partial charge in [0.15, 0.2) is 0 Å². The molecular formula is C17H24N2OS. The number of ether oxygens (including phenoxy) is 1. The van der Waals surface area contributed by atoms with E-state index < -0.39 is 0 Å². The molecule has 1 aromatic carbocycles. The molecule has 0 amide bonds. The van der Waals surface area contributed by atoms with E-state index in [2.05, 4.69) is 59.7 Å². The molecule has 0 radical (unpaired) electrons. The van der Waals surface area contributed by atoms with Gasteiger partial charge in [-0.3, -0.25) is 0 Å². The minimum Gasteiger partial charge on any atom is -0.383 e. The summed E-state index contributed by atoms with van der Waals surface area (Å²) in [5.74, 6) is 0. The number of hydrogen-bond acceptors (Lipinski definition) is 4. The molecule has 1 heterocycles. The van der Waals surface area contributed by atoms with E-state index >= 15 is 0 Å². The number of hydrogen-bond donors (Lipinski definition) is 1. The van der Waals surface area contributed by atoms with Crippen molar-refractivity contribution in [2.75, 3.05) is 40.4 Å². The quantitative estimate of drug-likeness (QED) is 0.721. The van der Waals surface area contributed by atoms with Crippen LogP contribution in [0.15, 0.2) is 42.5 Å². The van der Waals surface area contributed by atoms with Crippen LogP contribution in [0.5, 0.6) is 0 Å². The molecule has 0 aliphatic heterocycles. The Morgan fingerprint density at radius 3 is 2.67 bits per heavy atom. The predicted molar refractivity (Wildman–Crippen MR) is 90.8 cm³/mol. The van der Waals surface area contributed by atoms with Gasteiger partial charge in [-0.05, 0) is 24.7 Å². The third-order valence-corrected chi connectivity index (χ3v) is 4.50. The number of benzene rings is 1. The van der Waals surface area contributed by atoms with Gasteiger partial charge in [0.1, 0.15) is 0 Å². The lowest BCUT2D eigenvalue weighted by Crippen LogP contribution is -2.31. The van der Waals surface area contributed by atoms with Crippen LogP contribution in [-0.4, -0.2) is 45.3 Å². The summed E-state index contributed by atoms with van der Waals surface area (Å²) in [7, 11) is 3.87. The molecule has 0 saturated carbocycles. The van der Waals surface area contributed by atoms with Crippen LogP contribution in [0.25, 0.3) is 10.4 Å². The third kappa shape index (κ3) is 5.59. The maximum Gasteiger partial charge on any atom is 0.0589 e. The summed E-state index contributed by atoms with van der Waals surface area (Å²) >= 11 is 1.86. The molecule has 0 atom stereocenters. The van der Waals surface area contributed by atoms with Crippen molar-refractivity contribution in [3.05, 3.63) is 47.3 Å². The number of thiophene rings is 1. The van der Waals surface area contributed by atoms with Crippen molar-refractivity contribution in [1.82, 2.24) is 10.2 Å². The Hall–Kier alpha value is -1.20. The van der Waals surface area contributed by atoms with Gasteiger partial charge in [-0.25, -0.2) is 0 Å². The van der Waals surface area contributed by atoms with Crippen molar-refractivity contribution in [3.63, 3.8) is 0 Å². The van der Waals surface area contributed by atoms with Crippen molar-refractivity contribution in [2.45, 2.75) is 6.54 Å². The maximum atomic E-state index is 5.07. The first-order valence-electron chi connectivity index (χ1n) is 7.32. The first-order chi connectivity index (χ1) is 10.3. The highest BCUT2D eigenvalue weighted by atomic mass is 32.1. The van der Waals surface area contributed by atoms with Crippen molar-refractivity contribution in [1.29, 1.82) is 0 Å². The fourth-order valence-corrected chi connectivity index (χ4v) is 3.05. The van der Waals surface area contributed by atoms with E-state index in [9.17, 15) is 0 Å². The van der Waals surface area contributed by atoms with Gasteiger partial charge in [0, 0.05) is 43.0 Å².